The SMILES string of the molecule is CCOC(=O)[C@@H]1CCCN(C(=O)Cn2nc(C)c3cccn3c2=O)C1. The van der Waals surface area contributed by atoms with Crippen LogP contribution in [0.4, 0.5) is 0 Å². The number of carbonyl (C=O) groups is 2. The molecule has 25 heavy (non-hydrogen) atoms. The molecule has 0 bridgehead atoms. The minimum Gasteiger partial charge on any atom is -0.466 e. The number of fused-ring (bicyclic) bond motifs is 1. The van der Waals surface area contributed by atoms with Gasteiger partial charge >= 0.3 is 11.7 Å². The number of carbonyl (C=O) groups excluding carboxylic acids is 2. The maximum Gasteiger partial charge on any atom is 0.349 e. The number of aromatic nitrogens is 3. The highest BCUT2D eigenvalue weighted by Gasteiger charge is 2.29. The van der Waals surface area contributed by atoms with E-state index in [4.69, 9.17) is 4.74 Å². The lowest BCUT2D eigenvalue weighted by molar-refractivity contribution is -0.151. The van der Waals surface area contributed by atoms with Gasteiger partial charge in [-0.1, -0.05) is 0 Å². The van der Waals surface area contributed by atoms with Crippen molar-refractivity contribution < 1.29 is 14.3 Å². The molecule has 8 heteroatoms. The first-order chi connectivity index (χ1) is 12.0. The second-order valence-corrected chi connectivity index (χ2v) is 6.22. The van der Waals surface area contributed by atoms with Gasteiger partial charge in [0, 0.05) is 19.3 Å². The van der Waals surface area contributed by atoms with E-state index in [-0.39, 0.29) is 30.0 Å². The zero-order valence-corrected chi connectivity index (χ0v) is 14.5. The fourth-order valence-corrected chi connectivity index (χ4v) is 3.23. The van der Waals surface area contributed by atoms with E-state index < -0.39 is 0 Å². The van der Waals surface area contributed by atoms with Gasteiger partial charge in [0.2, 0.25) is 5.91 Å². The topological polar surface area (TPSA) is 85.9 Å². The fraction of sp³-hybridized carbons (Fsp3) is 0.529. The third-order valence-corrected chi connectivity index (χ3v) is 4.50. The van der Waals surface area contributed by atoms with Crippen LogP contribution in [0.2, 0.25) is 0 Å². The van der Waals surface area contributed by atoms with Crippen molar-refractivity contribution in [3.63, 3.8) is 0 Å². The van der Waals surface area contributed by atoms with Crippen LogP contribution in [0.25, 0.3) is 5.52 Å². The maximum absolute atomic E-state index is 12.6. The number of nitrogens with zero attached hydrogens (tertiary/aromatic N) is 4. The first-order valence-corrected chi connectivity index (χ1v) is 8.50. The standard InChI is InChI=1S/C17H22N4O4/c1-3-25-16(23)13-6-4-8-19(10-13)15(22)11-21-17(24)20-9-5-7-14(20)12(2)18-21/h5,7,9,13H,3-4,6,8,10-11H2,1-2H3/t13-/m1/s1. The van der Waals surface area contributed by atoms with Gasteiger partial charge in [0.1, 0.15) is 6.54 Å². The minimum absolute atomic E-state index is 0.136. The number of ether oxygens (including phenoxy) is 1. The lowest BCUT2D eigenvalue weighted by Gasteiger charge is -2.31. The summed E-state index contributed by atoms with van der Waals surface area (Å²) in [5.41, 5.74) is 1.06. The van der Waals surface area contributed by atoms with Gasteiger partial charge in [-0.15, -0.1) is 0 Å². The summed E-state index contributed by atoms with van der Waals surface area (Å²) in [7, 11) is 0. The number of likely N-dealkylation sites (tertiary alicyclic amines) is 1. The van der Waals surface area contributed by atoms with Gasteiger partial charge < -0.3 is 9.64 Å². The molecule has 0 aromatic carbocycles. The Balaban J connectivity index is 1.75. The second-order valence-electron chi connectivity index (χ2n) is 6.22. The first kappa shape index (κ1) is 17.2. The van der Waals surface area contributed by atoms with E-state index in [0.29, 0.717) is 25.4 Å². The monoisotopic (exact) mass is 346 g/mol. The zero-order valence-electron chi connectivity index (χ0n) is 14.5. The molecule has 2 aromatic rings. The van der Waals surface area contributed by atoms with Crippen LogP contribution in [0.5, 0.6) is 0 Å². The van der Waals surface area contributed by atoms with Crippen molar-refractivity contribution >= 4 is 17.4 Å². The first-order valence-electron chi connectivity index (χ1n) is 8.50. The molecular weight excluding hydrogens is 324 g/mol. The molecule has 1 aliphatic heterocycles. The van der Waals surface area contributed by atoms with E-state index in [2.05, 4.69) is 5.10 Å². The molecule has 1 atom stereocenters. The molecule has 1 aliphatic rings. The zero-order chi connectivity index (χ0) is 18.0. The van der Waals surface area contributed by atoms with Crippen LogP contribution in [-0.4, -0.2) is 50.7 Å². The molecule has 0 saturated carbocycles. The molecular formula is C17H22N4O4. The summed E-state index contributed by atoms with van der Waals surface area (Å²) in [5.74, 6) is -0.773. The molecule has 3 heterocycles. The molecule has 134 valence electrons. The van der Waals surface area contributed by atoms with Gasteiger partial charge in [-0.25, -0.2) is 9.48 Å². The molecule has 2 aromatic heterocycles. The van der Waals surface area contributed by atoms with Crippen molar-refractivity contribution in [2.24, 2.45) is 5.92 Å². The molecule has 3 rings (SSSR count). The van der Waals surface area contributed by atoms with Gasteiger partial charge in [-0.2, -0.15) is 5.10 Å². The molecule has 0 unspecified atom stereocenters. The van der Waals surface area contributed by atoms with Crippen molar-refractivity contribution in [2.75, 3.05) is 19.7 Å². The number of hydrogen-bond donors (Lipinski definition) is 0. The molecule has 0 spiro atoms. The Bertz CT molecular complexity index is 854. The Labute approximate surface area is 145 Å². The highest BCUT2D eigenvalue weighted by molar-refractivity contribution is 5.78. The van der Waals surface area contributed by atoms with E-state index in [1.165, 1.54) is 9.08 Å². The van der Waals surface area contributed by atoms with E-state index >= 15 is 0 Å². The fourth-order valence-electron chi connectivity index (χ4n) is 3.23. The van der Waals surface area contributed by atoms with Gasteiger partial charge in [0.25, 0.3) is 0 Å². The van der Waals surface area contributed by atoms with Crippen molar-refractivity contribution in [1.82, 2.24) is 19.1 Å². The largest absolute Gasteiger partial charge is 0.466 e. The lowest BCUT2D eigenvalue weighted by atomic mass is 9.98. The van der Waals surface area contributed by atoms with Crippen molar-refractivity contribution in [1.29, 1.82) is 0 Å². The van der Waals surface area contributed by atoms with Crippen LogP contribution in [0.1, 0.15) is 25.5 Å². The Morgan fingerprint density at radius 2 is 2.20 bits per heavy atom. The molecule has 0 radical (unpaired) electrons. The molecule has 0 N–H and O–H groups in total. The summed E-state index contributed by atoms with van der Waals surface area (Å²) in [6, 6.07) is 3.58. The van der Waals surface area contributed by atoms with E-state index in [0.717, 1.165) is 18.4 Å². The van der Waals surface area contributed by atoms with Crippen molar-refractivity contribution in [3.05, 3.63) is 34.5 Å². The second kappa shape index (κ2) is 7.08. The lowest BCUT2D eigenvalue weighted by Crippen LogP contribution is -2.45. The smallest absolute Gasteiger partial charge is 0.349 e. The van der Waals surface area contributed by atoms with Crippen LogP contribution in [-0.2, 0) is 20.9 Å². The number of aryl methyl sites for hydroxylation is 1. The summed E-state index contributed by atoms with van der Waals surface area (Å²) in [4.78, 5) is 38.6. The van der Waals surface area contributed by atoms with E-state index in [1.807, 2.05) is 6.07 Å². The molecule has 0 aliphatic carbocycles. The van der Waals surface area contributed by atoms with Gasteiger partial charge in [0.05, 0.1) is 23.7 Å². The summed E-state index contributed by atoms with van der Waals surface area (Å²) in [6.07, 6.45) is 3.12. The number of piperidine rings is 1. The Morgan fingerprint density at radius 1 is 1.40 bits per heavy atom. The van der Waals surface area contributed by atoms with Crippen molar-refractivity contribution in [2.45, 2.75) is 33.2 Å². The van der Waals surface area contributed by atoms with Gasteiger partial charge in [-0.05, 0) is 38.8 Å². The number of rotatable bonds is 4. The number of hydrogen-bond acceptors (Lipinski definition) is 5. The minimum atomic E-state index is -0.349. The van der Waals surface area contributed by atoms with Crippen LogP contribution < -0.4 is 5.69 Å². The predicted molar refractivity (Wildman–Crippen MR) is 90.1 cm³/mol. The maximum atomic E-state index is 12.6. The Kier molecular flexibility index (Phi) is 4.87. The van der Waals surface area contributed by atoms with Crippen molar-refractivity contribution in [3.8, 4) is 0 Å². The summed E-state index contributed by atoms with van der Waals surface area (Å²) in [5, 5.41) is 4.24. The Hall–Kier alpha value is -2.64. The number of amides is 1. The average molecular weight is 346 g/mol. The van der Waals surface area contributed by atoms with Crippen LogP contribution in [0.3, 0.4) is 0 Å². The van der Waals surface area contributed by atoms with E-state index in [1.54, 1.807) is 31.0 Å². The quantitative estimate of drug-likeness (QED) is 0.757. The Morgan fingerprint density at radius 3 is 2.96 bits per heavy atom. The normalized spacial score (nSPS) is 17.7. The highest BCUT2D eigenvalue weighted by atomic mass is 16.5. The molecule has 8 nitrogen and oxygen atoms in total. The van der Waals surface area contributed by atoms with Crippen LogP contribution in [0.15, 0.2) is 23.1 Å². The van der Waals surface area contributed by atoms with Crippen LogP contribution in [0, 0.1) is 12.8 Å². The number of esters is 1. The average Bonchev–Trinajstić information content (AvgIpc) is 3.10. The molecule has 1 amide bonds. The summed E-state index contributed by atoms with van der Waals surface area (Å²) < 4.78 is 7.71. The third-order valence-electron chi connectivity index (χ3n) is 4.50. The van der Waals surface area contributed by atoms with Crippen LogP contribution >= 0.6 is 0 Å². The highest BCUT2D eigenvalue weighted by Crippen LogP contribution is 2.18. The summed E-state index contributed by atoms with van der Waals surface area (Å²) >= 11 is 0. The van der Waals surface area contributed by atoms with E-state index in [9.17, 15) is 14.4 Å². The third kappa shape index (κ3) is 3.42. The predicted octanol–water partition coefficient (Wildman–Crippen LogP) is 0.606. The van der Waals surface area contributed by atoms with Gasteiger partial charge in [0.15, 0.2) is 0 Å². The summed E-state index contributed by atoms with van der Waals surface area (Å²) in [6.45, 7) is 4.67. The molecule has 1 saturated heterocycles. The van der Waals surface area contributed by atoms with Gasteiger partial charge in [-0.3, -0.25) is 14.0 Å². The molecule has 1 fully saturated rings.